The Balaban J connectivity index is 1.63. The predicted octanol–water partition coefficient (Wildman–Crippen LogP) is 4.37. The summed E-state index contributed by atoms with van der Waals surface area (Å²) in [5.41, 5.74) is 1.39. The van der Waals surface area contributed by atoms with Crippen molar-refractivity contribution in [2.24, 2.45) is 0 Å². The van der Waals surface area contributed by atoms with Crippen LogP contribution in [0, 0.1) is 0 Å². The largest absolute Gasteiger partial charge is 0.325 e. The summed E-state index contributed by atoms with van der Waals surface area (Å²) < 4.78 is 0. The first-order valence-corrected chi connectivity index (χ1v) is 9.30. The Morgan fingerprint density at radius 3 is 2.56 bits per heavy atom. The maximum Gasteiger partial charge on any atom is 0.254 e. The number of carbonyl (C=O) groups excluding carboxylic acids is 2. The van der Waals surface area contributed by atoms with Gasteiger partial charge in [0.25, 0.3) is 5.91 Å². The fourth-order valence-electron chi connectivity index (χ4n) is 3.62. The number of benzene rings is 3. The second-order valence-electron chi connectivity index (χ2n) is 6.67. The quantitative estimate of drug-likeness (QED) is 0.664. The summed E-state index contributed by atoms with van der Waals surface area (Å²) in [4.78, 5) is 29.4. The van der Waals surface area contributed by atoms with Crippen molar-refractivity contribution in [3.63, 3.8) is 0 Å². The second kappa shape index (κ2) is 7.05. The Bertz CT molecular complexity index is 1030. The van der Waals surface area contributed by atoms with Crippen LogP contribution in [0.1, 0.15) is 17.3 Å². The van der Waals surface area contributed by atoms with Gasteiger partial charge in [0.15, 0.2) is 0 Å². The average Bonchev–Trinajstić information content (AvgIpc) is 2.69. The molecular formula is C22H19ClN2O2. The summed E-state index contributed by atoms with van der Waals surface area (Å²) in [6.07, 6.45) is 0. The zero-order valence-corrected chi connectivity index (χ0v) is 15.7. The van der Waals surface area contributed by atoms with E-state index >= 15 is 0 Å². The number of nitrogens with zero attached hydrogens (tertiary/aromatic N) is 2. The second-order valence-corrected chi connectivity index (χ2v) is 7.11. The van der Waals surface area contributed by atoms with Crippen LogP contribution in [0.5, 0.6) is 0 Å². The van der Waals surface area contributed by atoms with Gasteiger partial charge in [0, 0.05) is 29.1 Å². The van der Waals surface area contributed by atoms with Crippen LogP contribution in [0.2, 0.25) is 5.02 Å². The van der Waals surface area contributed by atoms with E-state index in [1.165, 1.54) is 0 Å². The first-order chi connectivity index (χ1) is 13.1. The number of rotatable bonds is 2. The summed E-state index contributed by atoms with van der Waals surface area (Å²) in [5.74, 6) is -0.246. The van der Waals surface area contributed by atoms with Crippen LogP contribution < -0.4 is 4.90 Å². The van der Waals surface area contributed by atoms with E-state index < -0.39 is 6.04 Å². The molecule has 1 aliphatic heterocycles. The molecule has 5 heteroatoms. The number of hydrogen-bond acceptors (Lipinski definition) is 2. The van der Waals surface area contributed by atoms with Gasteiger partial charge in [-0.15, -0.1) is 0 Å². The highest BCUT2D eigenvalue weighted by Gasteiger charge is 2.35. The molecule has 4 rings (SSSR count). The van der Waals surface area contributed by atoms with Crippen LogP contribution in [0.3, 0.4) is 0 Å². The molecular weight excluding hydrogens is 360 g/mol. The number of halogens is 1. The van der Waals surface area contributed by atoms with Crippen molar-refractivity contribution in [1.29, 1.82) is 0 Å². The maximum atomic E-state index is 13.1. The van der Waals surface area contributed by atoms with Gasteiger partial charge in [-0.25, -0.2) is 0 Å². The van der Waals surface area contributed by atoms with Crippen molar-refractivity contribution in [2.75, 3.05) is 18.0 Å². The van der Waals surface area contributed by atoms with Crippen molar-refractivity contribution >= 4 is 39.9 Å². The highest BCUT2D eigenvalue weighted by atomic mass is 35.5. The molecule has 1 heterocycles. The van der Waals surface area contributed by atoms with E-state index in [0.29, 0.717) is 23.7 Å². The third kappa shape index (κ3) is 3.17. The molecule has 0 N–H and O–H groups in total. The lowest BCUT2D eigenvalue weighted by molar-refractivity contribution is -0.124. The Morgan fingerprint density at radius 2 is 1.74 bits per heavy atom. The Labute approximate surface area is 162 Å². The molecule has 0 radical (unpaired) electrons. The van der Waals surface area contributed by atoms with Gasteiger partial charge in [0.05, 0.1) is 5.69 Å². The third-order valence-corrected chi connectivity index (χ3v) is 5.28. The number of hydrogen-bond donors (Lipinski definition) is 0. The van der Waals surface area contributed by atoms with E-state index in [-0.39, 0.29) is 11.8 Å². The molecule has 4 nitrogen and oxygen atoms in total. The third-order valence-electron chi connectivity index (χ3n) is 5.05. The summed E-state index contributed by atoms with van der Waals surface area (Å²) >= 11 is 6.01. The van der Waals surface area contributed by atoms with E-state index in [1.54, 1.807) is 41.0 Å². The molecule has 1 fully saturated rings. The molecule has 0 bridgehead atoms. The van der Waals surface area contributed by atoms with Crippen LogP contribution in [0.15, 0.2) is 66.7 Å². The van der Waals surface area contributed by atoms with E-state index in [2.05, 4.69) is 0 Å². The highest BCUT2D eigenvalue weighted by molar-refractivity contribution is 6.31. The Morgan fingerprint density at radius 1 is 1.00 bits per heavy atom. The number of amides is 2. The molecule has 27 heavy (non-hydrogen) atoms. The molecule has 1 aliphatic rings. The highest BCUT2D eigenvalue weighted by Crippen LogP contribution is 2.29. The zero-order chi connectivity index (χ0) is 19.0. The van der Waals surface area contributed by atoms with Gasteiger partial charge < -0.3 is 9.80 Å². The number of carbonyl (C=O) groups is 2. The molecule has 0 aromatic heterocycles. The van der Waals surface area contributed by atoms with Crippen LogP contribution in [-0.2, 0) is 4.79 Å². The monoisotopic (exact) mass is 378 g/mol. The Kier molecular flexibility index (Phi) is 4.58. The summed E-state index contributed by atoms with van der Waals surface area (Å²) in [7, 11) is 0. The summed E-state index contributed by atoms with van der Waals surface area (Å²) in [6.45, 7) is 2.72. The number of fused-ring (bicyclic) bond motifs is 1. The fourth-order valence-corrected chi connectivity index (χ4v) is 3.81. The van der Waals surface area contributed by atoms with Crippen LogP contribution in [0.25, 0.3) is 10.8 Å². The van der Waals surface area contributed by atoms with Crippen LogP contribution in [0.4, 0.5) is 5.69 Å². The molecule has 3 aromatic carbocycles. The molecule has 0 saturated carbocycles. The first-order valence-electron chi connectivity index (χ1n) is 8.92. The molecule has 2 amide bonds. The topological polar surface area (TPSA) is 40.6 Å². The molecule has 136 valence electrons. The van der Waals surface area contributed by atoms with Crippen LogP contribution in [-0.4, -0.2) is 35.8 Å². The van der Waals surface area contributed by atoms with Gasteiger partial charge >= 0.3 is 0 Å². The summed E-state index contributed by atoms with van der Waals surface area (Å²) in [6, 6.07) is 20.3. The normalized spacial score (nSPS) is 17.4. The molecule has 0 aliphatic carbocycles. The van der Waals surface area contributed by atoms with Crippen molar-refractivity contribution in [2.45, 2.75) is 13.0 Å². The minimum absolute atomic E-state index is 0.0759. The lowest BCUT2D eigenvalue weighted by Gasteiger charge is -2.39. The molecule has 0 spiro atoms. The number of anilines is 1. The first kappa shape index (κ1) is 17.6. The molecule has 1 saturated heterocycles. The van der Waals surface area contributed by atoms with Gasteiger partial charge in [-0.2, -0.15) is 0 Å². The van der Waals surface area contributed by atoms with E-state index in [1.807, 2.05) is 42.5 Å². The molecule has 3 aromatic rings. The van der Waals surface area contributed by atoms with Gasteiger partial charge in [-0.3, -0.25) is 9.59 Å². The van der Waals surface area contributed by atoms with Crippen molar-refractivity contribution < 1.29 is 9.59 Å². The zero-order valence-electron chi connectivity index (χ0n) is 14.9. The molecule has 1 atom stereocenters. The SMILES string of the molecule is C[C@H]1C(=O)N(c2cccc3ccccc23)CCN1C(=O)c1cccc(Cl)c1. The average molecular weight is 379 g/mol. The fraction of sp³-hybridized carbons (Fsp3) is 0.182. The minimum Gasteiger partial charge on any atom is -0.325 e. The van der Waals surface area contributed by atoms with Crippen molar-refractivity contribution in [3.8, 4) is 0 Å². The summed E-state index contributed by atoms with van der Waals surface area (Å²) in [5, 5.41) is 2.64. The van der Waals surface area contributed by atoms with Crippen molar-refractivity contribution in [3.05, 3.63) is 77.3 Å². The van der Waals surface area contributed by atoms with Gasteiger partial charge in [-0.05, 0) is 36.6 Å². The Hall–Kier alpha value is -2.85. The smallest absolute Gasteiger partial charge is 0.254 e. The molecule has 0 unspecified atom stereocenters. The van der Waals surface area contributed by atoms with Gasteiger partial charge in [-0.1, -0.05) is 54.1 Å². The van der Waals surface area contributed by atoms with E-state index in [9.17, 15) is 9.59 Å². The van der Waals surface area contributed by atoms with Gasteiger partial charge in [0.1, 0.15) is 6.04 Å². The lowest BCUT2D eigenvalue weighted by atomic mass is 10.0. The minimum atomic E-state index is -0.538. The van der Waals surface area contributed by atoms with Crippen molar-refractivity contribution in [1.82, 2.24) is 4.90 Å². The van der Waals surface area contributed by atoms with Crippen LogP contribution >= 0.6 is 11.6 Å². The standard InChI is InChI=1S/C22H19ClN2O2/c1-15-21(26)25(20-11-5-7-16-6-2-3-10-19(16)20)13-12-24(15)22(27)17-8-4-9-18(23)14-17/h2-11,14-15H,12-13H2,1H3/t15-/m0/s1. The van der Waals surface area contributed by atoms with E-state index in [0.717, 1.165) is 16.5 Å². The maximum absolute atomic E-state index is 13.1. The lowest BCUT2D eigenvalue weighted by Crippen LogP contribution is -2.57. The van der Waals surface area contributed by atoms with E-state index in [4.69, 9.17) is 11.6 Å². The van der Waals surface area contributed by atoms with Gasteiger partial charge in [0.2, 0.25) is 5.91 Å². The number of piperazine rings is 1. The predicted molar refractivity (Wildman–Crippen MR) is 108 cm³/mol.